The first kappa shape index (κ1) is 19.3. The molecule has 21 heavy (non-hydrogen) atoms. The second-order valence-electron chi connectivity index (χ2n) is 4.22. The Morgan fingerprint density at radius 3 is 2.57 bits per heavy atom. The number of aliphatic carboxylic acids is 1. The van der Waals surface area contributed by atoms with Crippen molar-refractivity contribution in [1.29, 1.82) is 0 Å². The van der Waals surface area contributed by atoms with E-state index in [0.29, 0.717) is 37.6 Å². The van der Waals surface area contributed by atoms with Gasteiger partial charge in [0, 0.05) is 37.6 Å². The number of amides is 2. The number of carbonyl (C=O) groups excluding carboxylic acids is 2. The highest BCUT2D eigenvalue weighted by Crippen LogP contribution is 2.04. The summed E-state index contributed by atoms with van der Waals surface area (Å²) in [6, 6.07) is 0. The molecule has 0 rings (SSSR count). The molecule has 0 aromatic rings. The second kappa shape index (κ2) is 12.1. The standard InChI is InChI=1S/C14H22N2O4S/c1-3-5-12(17)15-7-8-16(13(18)4-2)9-11-21-10-6-14(19)20/h1H,4-11H2,2H3,(H,15,17)(H,19,20). The van der Waals surface area contributed by atoms with Gasteiger partial charge in [-0.3, -0.25) is 14.4 Å². The molecule has 0 spiro atoms. The van der Waals surface area contributed by atoms with Gasteiger partial charge in [0.25, 0.3) is 0 Å². The highest BCUT2D eigenvalue weighted by atomic mass is 32.2. The number of nitrogens with zero attached hydrogens (tertiary/aromatic N) is 1. The van der Waals surface area contributed by atoms with Crippen LogP contribution in [0.2, 0.25) is 0 Å². The SMILES string of the molecule is C#CCC(=O)NCCN(CCSCCC(=O)O)C(=O)CC. The number of nitrogens with one attached hydrogen (secondary N) is 1. The Bertz CT molecular complexity index is 393. The van der Waals surface area contributed by atoms with E-state index >= 15 is 0 Å². The molecular formula is C14H22N2O4S. The zero-order chi connectivity index (χ0) is 16.1. The Morgan fingerprint density at radius 1 is 1.29 bits per heavy atom. The van der Waals surface area contributed by atoms with Gasteiger partial charge in [0.1, 0.15) is 0 Å². The zero-order valence-corrected chi connectivity index (χ0v) is 13.1. The largest absolute Gasteiger partial charge is 0.481 e. The number of carbonyl (C=O) groups is 3. The zero-order valence-electron chi connectivity index (χ0n) is 12.3. The molecule has 118 valence electrons. The van der Waals surface area contributed by atoms with Crippen molar-refractivity contribution in [3.63, 3.8) is 0 Å². The van der Waals surface area contributed by atoms with E-state index < -0.39 is 5.97 Å². The maximum Gasteiger partial charge on any atom is 0.304 e. The van der Waals surface area contributed by atoms with Crippen molar-refractivity contribution in [3.8, 4) is 12.3 Å². The first-order chi connectivity index (χ1) is 10.0. The summed E-state index contributed by atoms with van der Waals surface area (Å²) in [4.78, 5) is 35.0. The van der Waals surface area contributed by atoms with Gasteiger partial charge in [-0.2, -0.15) is 11.8 Å². The van der Waals surface area contributed by atoms with Gasteiger partial charge in [0.05, 0.1) is 12.8 Å². The van der Waals surface area contributed by atoms with Gasteiger partial charge in [-0.1, -0.05) is 12.8 Å². The van der Waals surface area contributed by atoms with Gasteiger partial charge in [-0.15, -0.1) is 6.42 Å². The summed E-state index contributed by atoms with van der Waals surface area (Å²) in [6.45, 7) is 3.13. The lowest BCUT2D eigenvalue weighted by Gasteiger charge is -2.22. The van der Waals surface area contributed by atoms with Crippen LogP contribution < -0.4 is 5.32 Å². The molecule has 0 heterocycles. The van der Waals surface area contributed by atoms with E-state index in [1.807, 2.05) is 0 Å². The molecule has 0 aromatic carbocycles. The number of carboxylic acids is 1. The van der Waals surface area contributed by atoms with Gasteiger partial charge in [-0.25, -0.2) is 0 Å². The van der Waals surface area contributed by atoms with Crippen LogP contribution in [0.15, 0.2) is 0 Å². The van der Waals surface area contributed by atoms with Crippen LogP contribution in [0, 0.1) is 12.3 Å². The van der Waals surface area contributed by atoms with E-state index in [1.54, 1.807) is 11.8 Å². The van der Waals surface area contributed by atoms with Crippen molar-refractivity contribution in [2.24, 2.45) is 0 Å². The van der Waals surface area contributed by atoms with E-state index in [9.17, 15) is 14.4 Å². The lowest BCUT2D eigenvalue weighted by atomic mass is 10.3. The summed E-state index contributed by atoms with van der Waals surface area (Å²) in [7, 11) is 0. The van der Waals surface area contributed by atoms with Gasteiger partial charge in [0.15, 0.2) is 0 Å². The predicted molar refractivity (Wildman–Crippen MR) is 82.9 cm³/mol. The Labute approximate surface area is 129 Å². The smallest absolute Gasteiger partial charge is 0.304 e. The van der Waals surface area contributed by atoms with Crippen LogP contribution in [-0.4, -0.2) is 58.9 Å². The summed E-state index contributed by atoms with van der Waals surface area (Å²) in [6.07, 6.45) is 5.58. The fourth-order valence-electron chi connectivity index (χ4n) is 1.51. The minimum Gasteiger partial charge on any atom is -0.481 e. The summed E-state index contributed by atoms with van der Waals surface area (Å²) >= 11 is 1.50. The monoisotopic (exact) mass is 314 g/mol. The van der Waals surface area contributed by atoms with Crippen molar-refractivity contribution in [3.05, 3.63) is 0 Å². The fraction of sp³-hybridized carbons (Fsp3) is 0.643. The van der Waals surface area contributed by atoms with Crippen LogP contribution in [0.4, 0.5) is 0 Å². The maximum absolute atomic E-state index is 11.8. The normalized spacial score (nSPS) is 9.71. The first-order valence-electron chi connectivity index (χ1n) is 6.78. The number of carboxylic acid groups (broad SMARTS) is 1. The third-order valence-corrected chi connectivity index (χ3v) is 3.55. The highest BCUT2D eigenvalue weighted by molar-refractivity contribution is 7.99. The fourth-order valence-corrected chi connectivity index (χ4v) is 2.38. The topological polar surface area (TPSA) is 86.7 Å². The van der Waals surface area contributed by atoms with Crippen LogP contribution in [-0.2, 0) is 14.4 Å². The molecule has 0 saturated heterocycles. The third-order valence-electron chi connectivity index (χ3n) is 2.59. The molecule has 0 fully saturated rings. The maximum atomic E-state index is 11.8. The molecule has 2 N–H and O–H groups in total. The molecule has 6 nitrogen and oxygen atoms in total. The number of thioether (sulfide) groups is 1. The number of hydrogen-bond donors (Lipinski definition) is 2. The minimum atomic E-state index is -0.819. The average molecular weight is 314 g/mol. The highest BCUT2D eigenvalue weighted by Gasteiger charge is 2.11. The molecule has 2 amide bonds. The van der Waals surface area contributed by atoms with Gasteiger partial charge < -0.3 is 15.3 Å². The second-order valence-corrected chi connectivity index (χ2v) is 5.45. The average Bonchev–Trinajstić information content (AvgIpc) is 2.44. The van der Waals surface area contributed by atoms with Crippen LogP contribution >= 0.6 is 11.8 Å². The van der Waals surface area contributed by atoms with Crippen molar-refractivity contribution in [2.75, 3.05) is 31.1 Å². The summed E-state index contributed by atoms with van der Waals surface area (Å²) < 4.78 is 0. The minimum absolute atomic E-state index is 0.0139. The Kier molecular flexibility index (Phi) is 11.1. The first-order valence-corrected chi connectivity index (χ1v) is 7.94. The number of rotatable bonds is 11. The lowest BCUT2D eigenvalue weighted by Crippen LogP contribution is -2.39. The number of hydrogen-bond acceptors (Lipinski definition) is 4. The van der Waals surface area contributed by atoms with Crippen LogP contribution in [0.1, 0.15) is 26.2 Å². The van der Waals surface area contributed by atoms with Crippen molar-refractivity contribution < 1.29 is 19.5 Å². The Morgan fingerprint density at radius 2 is 2.00 bits per heavy atom. The number of terminal acetylenes is 1. The molecule has 7 heteroatoms. The van der Waals surface area contributed by atoms with Gasteiger partial charge >= 0.3 is 5.97 Å². The summed E-state index contributed by atoms with van der Waals surface area (Å²) in [5, 5.41) is 11.2. The summed E-state index contributed by atoms with van der Waals surface area (Å²) in [5.74, 6) is 2.43. The van der Waals surface area contributed by atoms with E-state index in [0.717, 1.165) is 0 Å². The molecule has 0 unspecified atom stereocenters. The van der Waals surface area contributed by atoms with Crippen LogP contribution in [0.3, 0.4) is 0 Å². The van der Waals surface area contributed by atoms with Crippen molar-refractivity contribution >= 4 is 29.5 Å². The molecule has 0 aliphatic heterocycles. The Balaban J connectivity index is 3.99. The Hall–Kier alpha value is -1.68. The quantitative estimate of drug-likeness (QED) is 0.430. The predicted octanol–water partition coefficient (Wildman–Crippen LogP) is 0.572. The van der Waals surface area contributed by atoms with Crippen LogP contribution in [0.5, 0.6) is 0 Å². The molecule has 0 atom stereocenters. The van der Waals surface area contributed by atoms with Gasteiger partial charge in [-0.05, 0) is 0 Å². The van der Waals surface area contributed by atoms with E-state index in [1.165, 1.54) is 11.8 Å². The van der Waals surface area contributed by atoms with Crippen molar-refractivity contribution in [1.82, 2.24) is 10.2 Å². The lowest BCUT2D eigenvalue weighted by molar-refractivity contribution is -0.136. The molecule has 0 aliphatic carbocycles. The molecular weight excluding hydrogens is 292 g/mol. The van der Waals surface area contributed by atoms with Crippen LogP contribution in [0.25, 0.3) is 0 Å². The molecule has 0 radical (unpaired) electrons. The van der Waals surface area contributed by atoms with E-state index in [2.05, 4.69) is 11.2 Å². The van der Waals surface area contributed by atoms with Gasteiger partial charge in [0.2, 0.25) is 11.8 Å². The third kappa shape index (κ3) is 10.7. The van der Waals surface area contributed by atoms with E-state index in [4.69, 9.17) is 11.5 Å². The van der Waals surface area contributed by atoms with E-state index in [-0.39, 0.29) is 24.7 Å². The molecule has 0 aliphatic rings. The van der Waals surface area contributed by atoms with Crippen molar-refractivity contribution in [2.45, 2.75) is 26.2 Å². The molecule has 0 bridgehead atoms. The summed E-state index contributed by atoms with van der Waals surface area (Å²) in [5.41, 5.74) is 0. The molecule has 0 aromatic heterocycles. The molecule has 0 saturated carbocycles.